The maximum absolute atomic E-state index is 12.4. The van der Waals surface area contributed by atoms with E-state index in [0.29, 0.717) is 12.2 Å². The monoisotopic (exact) mass is 356 g/mol. The Balaban J connectivity index is 1.57. The SMILES string of the molecule is O=C(NOCc1ccccc1)c1ccccc1SCc1cscn1. The molecule has 6 heteroatoms. The van der Waals surface area contributed by atoms with Crippen LogP contribution in [0.15, 0.2) is 70.4 Å². The summed E-state index contributed by atoms with van der Waals surface area (Å²) in [6.45, 7) is 0.334. The van der Waals surface area contributed by atoms with Gasteiger partial charge in [0.2, 0.25) is 0 Å². The van der Waals surface area contributed by atoms with Crippen molar-refractivity contribution < 1.29 is 9.63 Å². The Hall–Kier alpha value is -2.15. The summed E-state index contributed by atoms with van der Waals surface area (Å²) in [7, 11) is 0. The molecule has 0 aliphatic rings. The first-order valence-corrected chi connectivity index (χ1v) is 9.31. The molecular formula is C18H16N2O2S2. The summed E-state index contributed by atoms with van der Waals surface area (Å²) in [5, 5.41) is 2.01. The molecule has 0 radical (unpaired) electrons. The van der Waals surface area contributed by atoms with Gasteiger partial charge in [0, 0.05) is 16.0 Å². The number of nitrogens with zero attached hydrogens (tertiary/aromatic N) is 1. The van der Waals surface area contributed by atoms with E-state index in [1.54, 1.807) is 29.2 Å². The lowest BCUT2D eigenvalue weighted by Gasteiger charge is -2.09. The number of carbonyl (C=O) groups excluding carboxylic acids is 1. The minimum absolute atomic E-state index is 0.243. The van der Waals surface area contributed by atoms with Crippen LogP contribution in [0.25, 0.3) is 0 Å². The molecule has 1 heterocycles. The minimum atomic E-state index is -0.243. The second-order valence-corrected chi connectivity index (χ2v) is 6.71. The average molecular weight is 356 g/mol. The normalized spacial score (nSPS) is 10.5. The summed E-state index contributed by atoms with van der Waals surface area (Å²) in [4.78, 5) is 22.8. The molecule has 0 atom stereocenters. The topological polar surface area (TPSA) is 51.2 Å². The van der Waals surface area contributed by atoms with E-state index in [1.165, 1.54) is 0 Å². The Morgan fingerprint density at radius 1 is 1.12 bits per heavy atom. The first-order valence-electron chi connectivity index (χ1n) is 7.38. The summed E-state index contributed by atoms with van der Waals surface area (Å²) in [5.41, 5.74) is 6.95. The van der Waals surface area contributed by atoms with Gasteiger partial charge in [-0.05, 0) is 17.7 Å². The van der Waals surface area contributed by atoms with Crippen molar-refractivity contribution in [1.82, 2.24) is 10.5 Å². The van der Waals surface area contributed by atoms with Gasteiger partial charge in [0.15, 0.2) is 0 Å². The zero-order valence-corrected chi connectivity index (χ0v) is 14.5. The Kier molecular flexibility index (Phi) is 6.01. The number of carbonyl (C=O) groups is 1. The van der Waals surface area contributed by atoms with Crippen molar-refractivity contribution in [3.8, 4) is 0 Å². The lowest BCUT2D eigenvalue weighted by Crippen LogP contribution is -2.24. The van der Waals surface area contributed by atoms with Crippen LogP contribution in [0.1, 0.15) is 21.6 Å². The van der Waals surface area contributed by atoms with Crippen molar-refractivity contribution in [3.63, 3.8) is 0 Å². The van der Waals surface area contributed by atoms with Crippen LogP contribution in [-0.4, -0.2) is 10.9 Å². The summed E-state index contributed by atoms with van der Waals surface area (Å²) in [5.74, 6) is 0.492. The van der Waals surface area contributed by atoms with E-state index in [2.05, 4.69) is 10.5 Å². The molecule has 3 rings (SSSR count). The maximum Gasteiger partial charge on any atom is 0.275 e. The molecule has 1 aromatic heterocycles. The third kappa shape index (κ3) is 4.67. The van der Waals surface area contributed by atoms with Gasteiger partial charge in [-0.15, -0.1) is 23.1 Å². The molecule has 0 saturated carbocycles. The fraction of sp³-hybridized carbons (Fsp3) is 0.111. The zero-order valence-electron chi connectivity index (χ0n) is 12.8. The quantitative estimate of drug-likeness (QED) is 0.507. The lowest BCUT2D eigenvalue weighted by molar-refractivity contribution is 0.0231. The molecule has 2 aromatic carbocycles. The van der Waals surface area contributed by atoms with E-state index in [1.807, 2.05) is 59.4 Å². The molecule has 0 aliphatic carbocycles. The molecule has 122 valence electrons. The Morgan fingerprint density at radius 3 is 2.71 bits per heavy atom. The van der Waals surface area contributed by atoms with Crippen molar-refractivity contribution in [1.29, 1.82) is 0 Å². The van der Waals surface area contributed by atoms with Crippen LogP contribution in [-0.2, 0) is 17.2 Å². The van der Waals surface area contributed by atoms with Gasteiger partial charge in [-0.2, -0.15) is 0 Å². The van der Waals surface area contributed by atoms with Gasteiger partial charge in [0.1, 0.15) is 0 Å². The molecule has 0 saturated heterocycles. The number of thiazole rings is 1. The Bertz CT molecular complexity index is 777. The molecule has 24 heavy (non-hydrogen) atoms. The number of hydroxylamine groups is 1. The highest BCUT2D eigenvalue weighted by molar-refractivity contribution is 7.98. The van der Waals surface area contributed by atoms with Crippen molar-refractivity contribution >= 4 is 29.0 Å². The van der Waals surface area contributed by atoms with Crippen molar-refractivity contribution in [2.24, 2.45) is 0 Å². The van der Waals surface area contributed by atoms with Crippen LogP contribution in [0.3, 0.4) is 0 Å². The molecule has 1 N–H and O–H groups in total. The van der Waals surface area contributed by atoms with E-state index < -0.39 is 0 Å². The maximum atomic E-state index is 12.4. The van der Waals surface area contributed by atoms with Gasteiger partial charge in [0.25, 0.3) is 5.91 Å². The standard InChI is InChI=1S/C18H16N2O2S2/c21-18(20-22-10-14-6-2-1-3-7-14)16-8-4-5-9-17(16)24-12-15-11-23-13-19-15/h1-9,11,13H,10,12H2,(H,20,21). The second-order valence-electron chi connectivity index (χ2n) is 4.97. The van der Waals surface area contributed by atoms with Gasteiger partial charge < -0.3 is 0 Å². The largest absolute Gasteiger partial charge is 0.275 e. The van der Waals surface area contributed by atoms with Crippen LogP contribution >= 0.6 is 23.1 Å². The molecule has 3 aromatic rings. The molecule has 0 spiro atoms. The summed E-state index contributed by atoms with van der Waals surface area (Å²) < 4.78 is 0. The van der Waals surface area contributed by atoms with Gasteiger partial charge in [0.05, 0.1) is 23.4 Å². The van der Waals surface area contributed by atoms with Crippen molar-refractivity contribution in [3.05, 3.63) is 82.3 Å². The number of nitrogens with one attached hydrogen (secondary N) is 1. The van der Waals surface area contributed by atoms with Gasteiger partial charge in [-0.3, -0.25) is 9.63 Å². The third-order valence-electron chi connectivity index (χ3n) is 3.24. The van der Waals surface area contributed by atoms with Crippen molar-refractivity contribution in [2.75, 3.05) is 0 Å². The molecule has 4 nitrogen and oxygen atoms in total. The summed E-state index contributed by atoms with van der Waals surface area (Å²) in [6.07, 6.45) is 0. The van der Waals surface area contributed by atoms with E-state index in [4.69, 9.17) is 4.84 Å². The van der Waals surface area contributed by atoms with Crippen LogP contribution < -0.4 is 5.48 Å². The number of aromatic nitrogens is 1. The number of amides is 1. The molecule has 0 unspecified atom stereocenters. The smallest absolute Gasteiger partial charge is 0.269 e. The number of rotatable bonds is 7. The van der Waals surface area contributed by atoms with Crippen LogP contribution in [0.2, 0.25) is 0 Å². The van der Waals surface area contributed by atoms with Gasteiger partial charge in [-0.1, -0.05) is 42.5 Å². The van der Waals surface area contributed by atoms with Crippen molar-refractivity contribution in [2.45, 2.75) is 17.3 Å². The first-order chi connectivity index (χ1) is 11.8. The third-order valence-corrected chi connectivity index (χ3v) is 4.98. The van der Waals surface area contributed by atoms with Crippen LogP contribution in [0, 0.1) is 0 Å². The average Bonchev–Trinajstić information content (AvgIpc) is 3.14. The van der Waals surface area contributed by atoms with E-state index in [-0.39, 0.29) is 5.91 Å². The predicted molar refractivity (Wildman–Crippen MR) is 96.8 cm³/mol. The molecule has 0 bridgehead atoms. The fourth-order valence-electron chi connectivity index (χ4n) is 2.05. The van der Waals surface area contributed by atoms with Crippen LogP contribution in [0.4, 0.5) is 0 Å². The molecule has 0 aliphatic heterocycles. The first kappa shape index (κ1) is 16.7. The van der Waals surface area contributed by atoms with E-state index >= 15 is 0 Å². The van der Waals surface area contributed by atoms with E-state index in [9.17, 15) is 4.79 Å². The van der Waals surface area contributed by atoms with Crippen LogP contribution in [0.5, 0.6) is 0 Å². The molecule has 1 amide bonds. The Morgan fingerprint density at radius 2 is 1.92 bits per heavy atom. The highest BCUT2D eigenvalue weighted by Gasteiger charge is 2.12. The number of hydrogen-bond donors (Lipinski definition) is 1. The minimum Gasteiger partial charge on any atom is -0.269 e. The second kappa shape index (κ2) is 8.63. The Labute approximate surface area is 148 Å². The summed E-state index contributed by atoms with van der Waals surface area (Å²) >= 11 is 3.16. The molecule has 0 fully saturated rings. The van der Waals surface area contributed by atoms with E-state index in [0.717, 1.165) is 21.9 Å². The number of thioether (sulfide) groups is 1. The number of benzene rings is 2. The van der Waals surface area contributed by atoms with Gasteiger partial charge in [-0.25, -0.2) is 10.5 Å². The zero-order chi connectivity index (χ0) is 16.6. The lowest BCUT2D eigenvalue weighted by atomic mass is 10.2. The highest BCUT2D eigenvalue weighted by Crippen LogP contribution is 2.26. The highest BCUT2D eigenvalue weighted by atomic mass is 32.2. The fourth-order valence-corrected chi connectivity index (χ4v) is 3.67. The summed E-state index contributed by atoms with van der Waals surface area (Å²) in [6, 6.07) is 17.2. The van der Waals surface area contributed by atoms with Gasteiger partial charge >= 0.3 is 0 Å². The predicted octanol–water partition coefficient (Wildman–Crippen LogP) is 4.30. The number of hydrogen-bond acceptors (Lipinski definition) is 5. The molecular weight excluding hydrogens is 340 g/mol.